The van der Waals surface area contributed by atoms with Crippen LogP contribution in [-0.2, 0) is 19.0 Å². The van der Waals surface area contributed by atoms with Gasteiger partial charge in [0.05, 0.1) is 13.2 Å². The number of rotatable bonds is 4. The molecule has 0 amide bonds. The first-order chi connectivity index (χ1) is 6.58. The molecule has 0 radical (unpaired) electrons. The molecule has 0 aliphatic carbocycles. The third kappa shape index (κ3) is 2.67. The minimum Gasteiger partial charge on any atom is -0.459 e. The Hall–Kier alpha value is -0.650. The molecule has 0 aromatic heterocycles. The van der Waals surface area contributed by atoms with Crippen LogP contribution < -0.4 is 5.73 Å². The van der Waals surface area contributed by atoms with Crippen LogP contribution in [0.5, 0.6) is 0 Å². The third-order valence-electron chi connectivity index (χ3n) is 2.17. The van der Waals surface area contributed by atoms with E-state index in [-0.39, 0.29) is 12.7 Å². The molecule has 14 heavy (non-hydrogen) atoms. The minimum absolute atomic E-state index is 0.242. The van der Waals surface area contributed by atoms with Gasteiger partial charge in [-0.3, -0.25) is 0 Å². The minimum atomic E-state index is -0.956. The molecule has 0 aromatic rings. The Morgan fingerprint density at radius 2 is 2.43 bits per heavy atom. The number of hydrogen-bond acceptors (Lipinski definition) is 5. The Morgan fingerprint density at radius 1 is 1.71 bits per heavy atom. The molecule has 2 N–H and O–H groups in total. The van der Waals surface area contributed by atoms with Crippen molar-refractivity contribution >= 4 is 5.97 Å². The van der Waals surface area contributed by atoms with E-state index in [0.717, 1.165) is 0 Å². The van der Waals surface area contributed by atoms with Gasteiger partial charge in [0, 0.05) is 20.1 Å². The Bertz CT molecular complexity index is 201. The van der Waals surface area contributed by atoms with Crippen LogP contribution in [-0.4, -0.2) is 44.5 Å². The fourth-order valence-electron chi connectivity index (χ4n) is 1.31. The van der Waals surface area contributed by atoms with Gasteiger partial charge in [0.25, 0.3) is 0 Å². The van der Waals surface area contributed by atoms with Gasteiger partial charge in [-0.2, -0.15) is 0 Å². The molecule has 1 heterocycles. The van der Waals surface area contributed by atoms with Crippen LogP contribution in [0.2, 0.25) is 0 Å². The monoisotopic (exact) mass is 203 g/mol. The highest BCUT2D eigenvalue weighted by atomic mass is 16.6. The average molecular weight is 203 g/mol. The van der Waals surface area contributed by atoms with Crippen LogP contribution >= 0.6 is 0 Å². The van der Waals surface area contributed by atoms with Gasteiger partial charge in [-0.25, -0.2) is 4.79 Å². The maximum atomic E-state index is 11.6. The Kier molecular flexibility index (Phi) is 3.86. The zero-order chi connectivity index (χ0) is 10.6. The SMILES string of the molecule is COCC(C)OC(=O)C1(N)CCOC1. The second-order valence-electron chi connectivity index (χ2n) is 3.63. The summed E-state index contributed by atoms with van der Waals surface area (Å²) < 4.78 is 15.0. The fourth-order valence-corrected chi connectivity index (χ4v) is 1.31. The van der Waals surface area contributed by atoms with Crippen molar-refractivity contribution in [2.45, 2.75) is 25.0 Å². The van der Waals surface area contributed by atoms with Crippen LogP contribution in [0, 0.1) is 0 Å². The van der Waals surface area contributed by atoms with Gasteiger partial charge in [0.1, 0.15) is 11.6 Å². The Balaban J connectivity index is 2.40. The normalized spacial score (nSPS) is 28.8. The van der Waals surface area contributed by atoms with Gasteiger partial charge in [0.2, 0.25) is 0 Å². The van der Waals surface area contributed by atoms with E-state index in [1.165, 1.54) is 0 Å². The molecule has 0 spiro atoms. The first kappa shape index (κ1) is 11.4. The third-order valence-corrected chi connectivity index (χ3v) is 2.17. The number of carbonyl (C=O) groups is 1. The number of methoxy groups -OCH3 is 1. The van der Waals surface area contributed by atoms with Crippen molar-refractivity contribution in [2.75, 3.05) is 26.9 Å². The van der Waals surface area contributed by atoms with E-state index in [9.17, 15) is 4.79 Å². The molecule has 2 atom stereocenters. The average Bonchev–Trinajstić information content (AvgIpc) is 2.54. The van der Waals surface area contributed by atoms with Crippen molar-refractivity contribution in [3.05, 3.63) is 0 Å². The lowest BCUT2D eigenvalue weighted by atomic mass is 10.0. The Labute approximate surface area is 83.5 Å². The number of nitrogens with two attached hydrogens (primary N) is 1. The zero-order valence-electron chi connectivity index (χ0n) is 8.62. The van der Waals surface area contributed by atoms with Gasteiger partial charge in [0.15, 0.2) is 0 Å². The highest BCUT2D eigenvalue weighted by Crippen LogP contribution is 2.17. The maximum Gasteiger partial charge on any atom is 0.328 e. The molecule has 2 unspecified atom stereocenters. The molecule has 5 nitrogen and oxygen atoms in total. The maximum absolute atomic E-state index is 11.6. The summed E-state index contributed by atoms with van der Waals surface area (Å²) in [5.41, 5.74) is 4.85. The fraction of sp³-hybridized carbons (Fsp3) is 0.889. The van der Waals surface area contributed by atoms with Crippen molar-refractivity contribution in [1.82, 2.24) is 0 Å². The molecule has 82 valence electrons. The van der Waals surface area contributed by atoms with Crippen molar-refractivity contribution in [1.29, 1.82) is 0 Å². The quantitative estimate of drug-likeness (QED) is 0.634. The number of hydrogen-bond donors (Lipinski definition) is 1. The summed E-state index contributed by atoms with van der Waals surface area (Å²) in [6, 6.07) is 0. The second-order valence-corrected chi connectivity index (χ2v) is 3.63. The summed E-state index contributed by atoms with van der Waals surface area (Å²) in [6.07, 6.45) is 0.249. The summed E-state index contributed by atoms with van der Waals surface area (Å²) in [5, 5.41) is 0. The number of carbonyl (C=O) groups excluding carboxylic acids is 1. The van der Waals surface area contributed by atoms with Crippen LogP contribution in [0.25, 0.3) is 0 Å². The molecule has 1 fully saturated rings. The second kappa shape index (κ2) is 4.72. The number of ether oxygens (including phenoxy) is 3. The predicted octanol–water partition coefficient (Wildman–Crippen LogP) is -0.318. The van der Waals surface area contributed by atoms with Crippen molar-refractivity contribution < 1.29 is 19.0 Å². The lowest BCUT2D eigenvalue weighted by Gasteiger charge is -2.22. The molecule has 0 saturated carbocycles. The van der Waals surface area contributed by atoms with Gasteiger partial charge in [-0.05, 0) is 6.92 Å². The van der Waals surface area contributed by atoms with Gasteiger partial charge in [-0.15, -0.1) is 0 Å². The summed E-state index contributed by atoms with van der Waals surface area (Å²) in [6.45, 7) is 2.90. The standard InChI is InChI=1S/C9H17NO4/c1-7(5-12-2)14-8(11)9(10)3-4-13-6-9/h7H,3-6,10H2,1-2H3. The van der Waals surface area contributed by atoms with E-state index >= 15 is 0 Å². The lowest BCUT2D eigenvalue weighted by molar-refractivity contribution is -0.157. The molecule has 1 saturated heterocycles. The van der Waals surface area contributed by atoms with Crippen LogP contribution in [0.1, 0.15) is 13.3 Å². The molecular formula is C9H17NO4. The van der Waals surface area contributed by atoms with E-state index < -0.39 is 11.5 Å². The summed E-state index contributed by atoms with van der Waals surface area (Å²) in [4.78, 5) is 11.6. The van der Waals surface area contributed by atoms with Crippen molar-refractivity contribution in [3.8, 4) is 0 Å². The molecule has 0 aromatic carbocycles. The van der Waals surface area contributed by atoms with E-state index in [4.69, 9.17) is 19.9 Å². The van der Waals surface area contributed by atoms with Crippen molar-refractivity contribution in [2.24, 2.45) is 5.73 Å². The molecule has 1 rings (SSSR count). The van der Waals surface area contributed by atoms with Crippen LogP contribution in [0.3, 0.4) is 0 Å². The largest absolute Gasteiger partial charge is 0.459 e. The van der Waals surface area contributed by atoms with Crippen LogP contribution in [0.4, 0.5) is 0 Å². The predicted molar refractivity (Wildman–Crippen MR) is 49.8 cm³/mol. The number of esters is 1. The smallest absolute Gasteiger partial charge is 0.328 e. The molecule has 5 heteroatoms. The highest BCUT2D eigenvalue weighted by Gasteiger charge is 2.40. The van der Waals surface area contributed by atoms with E-state index in [1.807, 2.05) is 0 Å². The lowest BCUT2D eigenvalue weighted by Crippen LogP contribution is -2.50. The summed E-state index contributed by atoms with van der Waals surface area (Å²) in [5.74, 6) is -0.403. The van der Waals surface area contributed by atoms with Crippen LogP contribution in [0.15, 0.2) is 0 Å². The molecular weight excluding hydrogens is 186 g/mol. The van der Waals surface area contributed by atoms with E-state index in [0.29, 0.717) is 19.6 Å². The van der Waals surface area contributed by atoms with Crippen molar-refractivity contribution in [3.63, 3.8) is 0 Å². The summed E-state index contributed by atoms with van der Waals surface area (Å²) in [7, 11) is 1.56. The first-order valence-electron chi connectivity index (χ1n) is 4.65. The zero-order valence-corrected chi connectivity index (χ0v) is 8.62. The van der Waals surface area contributed by atoms with Gasteiger partial charge in [-0.1, -0.05) is 0 Å². The highest BCUT2D eigenvalue weighted by molar-refractivity contribution is 5.81. The van der Waals surface area contributed by atoms with Gasteiger partial charge >= 0.3 is 5.97 Å². The summed E-state index contributed by atoms with van der Waals surface area (Å²) >= 11 is 0. The molecule has 1 aliphatic rings. The first-order valence-corrected chi connectivity index (χ1v) is 4.65. The Morgan fingerprint density at radius 3 is 2.93 bits per heavy atom. The van der Waals surface area contributed by atoms with Gasteiger partial charge < -0.3 is 19.9 Å². The topological polar surface area (TPSA) is 70.8 Å². The molecule has 1 aliphatic heterocycles. The molecule has 0 bridgehead atoms. The van der Waals surface area contributed by atoms with E-state index in [2.05, 4.69) is 0 Å². The van der Waals surface area contributed by atoms with E-state index in [1.54, 1.807) is 14.0 Å².